The summed E-state index contributed by atoms with van der Waals surface area (Å²) < 4.78 is 24.6. The van der Waals surface area contributed by atoms with E-state index in [1.165, 1.54) is 21.7 Å². The molecule has 1 aromatic rings. The van der Waals surface area contributed by atoms with Gasteiger partial charge < -0.3 is 4.90 Å². The molecule has 1 fully saturated rings. The van der Waals surface area contributed by atoms with Crippen LogP contribution in [-0.4, -0.2) is 56.0 Å². The van der Waals surface area contributed by atoms with E-state index in [2.05, 4.69) is 31.2 Å². The molecular formula is C17H26N2O3S. The first-order chi connectivity index (χ1) is 10.9. The summed E-state index contributed by atoms with van der Waals surface area (Å²) in [6.07, 6.45) is 4.18. The van der Waals surface area contributed by atoms with Crippen LogP contribution in [0.25, 0.3) is 0 Å². The number of carbonyl (C=O) groups excluding carboxylic acids is 1. The molecule has 0 bridgehead atoms. The summed E-state index contributed by atoms with van der Waals surface area (Å²) in [5.74, 6) is 0.132. The van der Waals surface area contributed by atoms with Gasteiger partial charge >= 0.3 is 0 Å². The monoisotopic (exact) mass is 338 g/mol. The number of hydrogen-bond acceptors (Lipinski definition) is 3. The summed E-state index contributed by atoms with van der Waals surface area (Å²) in [7, 11) is -3.16. The van der Waals surface area contributed by atoms with E-state index in [-0.39, 0.29) is 5.91 Å². The van der Waals surface area contributed by atoms with Gasteiger partial charge in [0.05, 0.1) is 6.26 Å². The minimum Gasteiger partial charge on any atom is -0.341 e. The molecule has 1 aromatic carbocycles. The van der Waals surface area contributed by atoms with Crippen LogP contribution in [0.3, 0.4) is 0 Å². The molecule has 0 aromatic heterocycles. The number of hydrogen-bond donors (Lipinski definition) is 0. The molecule has 0 N–H and O–H groups in total. The first-order valence-electron chi connectivity index (χ1n) is 8.15. The van der Waals surface area contributed by atoms with Gasteiger partial charge in [-0.2, -0.15) is 0 Å². The van der Waals surface area contributed by atoms with E-state index in [1.807, 2.05) is 0 Å². The van der Waals surface area contributed by atoms with Crippen molar-refractivity contribution in [1.82, 2.24) is 9.21 Å². The summed E-state index contributed by atoms with van der Waals surface area (Å²) in [6, 6.07) is 8.39. The van der Waals surface area contributed by atoms with Gasteiger partial charge in [0.15, 0.2) is 0 Å². The lowest BCUT2D eigenvalue weighted by Crippen LogP contribution is -2.36. The second-order valence-electron chi connectivity index (χ2n) is 6.24. The number of nitrogens with zero attached hydrogens (tertiary/aromatic N) is 2. The van der Waals surface area contributed by atoms with Crippen LogP contribution in [0.15, 0.2) is 24.3 Å². The molecule has 23 heavy (non-hydrogen) atoms. The maximum absolute atomic E-state index is 12.3. The lowest BCUT2D eigenvalue weighted by atomic mass is 10.1. The summed E-state index contributed by atoms with van der Waals surface area (Å²) >= 11 is 0. The number of sulfonamides is 1. The fourth-order valence-electron chi connectivity index (χ4n) is 2.83. The Bertz CT molecular complexity index is 626. The van der Waals surface area contributed by atoms with E-state index in [9.17, 15) is 13.2 Å². The highest BCUT2D eigenvalue weighted by Gasteiger charge is 2.23. The summed E-state index contributed by atoms with van der Waals surface area (Å²) in [5.41, 5.74) is 2.49. The molecule has 2 rings (SSSR count). The molecule has 1 heterocycles. The predicted octanol–water partition coefficient (Wildman–Crippen LogP) is 1.81. The summed E-state index contributed by atoms with van der Waals surface area (Å²) in [6.45, 7) is 4.12. The molecule has 0 unspecified atom stereocenters. The largest absolute Gasteiger partial charge is 0.341 e. The fraction of sp³-hybridized carbons (Fsp3) is 0.588. The van der Waals surface area contributed by atoms with Gasteiger partial charge in [0, 0.05) is 32.6 Å². The third-order valence-corrected chi connectivity index (χ3v) is 5.56. The maximum atomic E-state index is 12.3. The Hall–Kier alpha value is -1.40. The van der Waals surface area contributed by atoms with Crippen molar-refractivity contribution >= 4 is 15.9 Å². The second-order valence-corrected chi connectivity index (χ2v) is 8.22. The van der Waals surface area contributed by atoms with Crippen LogP contribution in [0.1, 0.15) is 30.4 Å². The molecule has 128 valence electrons. The van der Waals surface area contributed by atoms with Gasteiger partial charge in [-0.1, -0.05) is 29.8 Å². The van der Waals surface area contributed by atoms with Crippen LogP contribution < -0.4 is 0 Å². The quantitative estimate of drug-likeness (QED) is 0.823. The van der Waals surface area contributed by atoms with Crippen LogP contribution in [0.2, 0.25) is 0 Å². The molecule has 5 nitrogen and oxygen atoms in total. The molecule has 1 saturated heterocycles. The van der Waals surface area contributed by atoms with Crippen LogP contribution in [-0.2, 0) is 21.2 Å². The Balaban J connectivity index is 1.78. The van der Waals surface area contributed by atoms with Crippen molar-refractivity contribution in [2.45, 2.75) is 32.6 Å². The zero-order chi connectivity index (χ0) is 16.9. The SMILES string of the molecule is Cc1ccc(CCCC(=O)N2CCCN(S(C)(=O)=O)CC2)cc1. The minimum absolute atomic E-state index is 0.132. The van der Waals surface area contributed by atoms with Gasteiger partial charge in [-0.3, -0.25) is 4.79 Å². The van der Waals surface area contributed by atoms with Gasteiger partial charge in [-0.05, 0) is 31.7 Å². The molecule has 6 heteroatoms. The minimum atomic E-state index is -3.16. The lowest BCUT2D eigenvalue weighted by molar-refractivity contribution is -0.131. The van der Waals surface area contributed by atoms with Gasteiger partial charge in [-0.15, -0.1) is 0 Å². The number of carbonyl (C=O) groups is 1. The highest BCUT2D eigenvalue weighted by Crippen LogP contribution is 2.11. The Morgan fingerprint density at radius 2 is 1.78 bits per heavy atom. The van der Waals surface area contributed by atoms with Crippen molar-refractivity contribution < 1.29 is 13.2 Å². The number of amides is 1. The van der Waals surface area contributed by atoms with Crippen LogP contribution in [0.4, 0.5) is 0 Å². The second kappa shape index (κ2) is 7.93. The molecular weight excluding hydrogens is 312 g/mol. The van der Waals surface area contributed by atoms with Crippen LogP contribution >= 0.6 is 0 Å². The molecule has 1 aliphatic heterocycles. The predicted molar refractivity (Wildman–Crippen MR) is 91.7 cm³/mol. The third-order valence-electron chi connectivity index (χ3n) is 4.25. The van der Waals surface area contributed by atoms with E-state index < -0.39 is 10.0 Å². The number of rotatable bonds is 5. The Labute approximate surface area is 139 Å². The average molecular weight is 338 g/mol. The molecule has 0 aliphatic carbocycles. The molecule has 0 spiro atoms. The fourth-order valence-corrected chi connectivity index (χ4v) is 3.71. The Kier molecular flexibility index (Phi) is 6.18. The first kappa shape index (κ1) is 17.9. The normalized spacial score (nSPS) is 17.0. The van der Waals surface area contributed by atoms with Crippen molar-refractivity contribution in [3.63, 3.8) is 0 Å². The highest BCUT2D eigenvalue weighted by molar-refractivity contribution is 7.88. The third kappa shape index (κ3) is 5.62. The van der Waals surface area contributed by atoms with Crippen molar-refractivity contribution in [3.8, 4) is 0 Å². The molecule has 1 aliphatic rings. The molecule has 0 atom stereocenters. The zero-order valence-corrected chi connectivity index (χ0v) is 14.8. The smallest absolute Gasteiger partial charge is 0.222 e. The topological polar surface area (TPSA) is 57.7 Å². The van der Waals surface area contributed by atoms with E-state index in [0.717, 1.165) is 12.8 Å². The van der Waals surface area contributed by atoms with Crippen LogP contribution in [0, 0.1) is 6.92 Å². The van der Waals surface area contributed by atoms with Crippen molar-refractivity contribution in [1.29, 1.82) is 0 Å². The summed E-state index contributed by atoms with van der Waals surface area (Å²) in [4.78, 5) is 14.1. The lowest BCUT2D eigenvalue weighted by Gasteiger charge is -2.21. The van der Waals surface area contributed by atoms with E-state index in [1.54, 1.807) is 4.90 Å². The Morgan fingerprint density at radius 3 is 2.43 bits per heavy atom. The van der Waals surface area contributed by atoms with Crippen LogP contribution in [0.5, 0.6) is 0 Å². The van der Waals surface area contributed by atoms with Gasteiger partial charge in [-0.25, -0.2) is 12.7 Å². The van der Waals surface area contributed by atoms with E-state index in [0.29, 0.717) is 39.0 Å². The standard InChI is InChI=1S/C17H26N2O3S/c1-15-7-9-16(10-8-15)5-3-6-17(20)18-11-4-12-19(14-13-18)23(2,21)22/h7-10H,3-6,11-14H2,1-2H3. The highest BCUT2D eigenvalue weighted by atomic mass is 32.2. The zero-order valence-electron chi connectivity index (χ0n) is 14.0. The average Bonchev–Trinajstić information content (AvgIpc) is 2.75. The van der Waals surface area contributed by atoms with Gasteiger partial charge in [0.25, 0.3) is 0 Å². The van der Waals surface area contributed by atoms with E-state index >= 15 is 0 Å². The van der Waals surface area contributed by atoms with Gasteiger partial charge in [0.1, 0.15) is 0 Å². The summed E-state index contributed by atoms with van der Waals surface area (Å²) in [5, 5.41) is 0. The number of aryl methyl sites for hydroxylation is 2. The molecule has 1 amide bonds. The van der Waals surface area contributed by atoms with E-state index in [4.69, 9.17) is 0 Å². The number of benzene rings is 1. The molecule has 0 radical (unpaired) electrons. The molecule has 0 saturated carbocycles. The van der Waals surface area contributed by atoms with Crippen molar-refractivity contribution in [2.24, 2.45) is 0 Å². The van der Waals surface area contributed by atoms with Gasteiger partial charge in [0.2, 0.25) is 15.9 Å². The first-order valence-corrected chi connectivity index (χ1v) is 9.99. The Morgan fingerprint density at radius 1 is 1.09 bits per heavy atom. The van der Waals surface area contributed by atoms with Crippen molar-refractivity contribution in [3.05, 3.63) is 35.4 Å². The van der Waals surface area contributed by atoms with Crippen molar-refractivity contribution in [2.75, 3.05) is 32.4 Å². The maximum Gasteiger partial charge on any atom is 0.222 e.